The molecule has 5 heteroatoms. The molecule has 0 aliphatic heterocycles. The van der Waals surface area contributed by atoms with Gasteiger partial charge in [-0.05, 0) is 27.4 Å². The van der Waals surface area contributed by atoms with Gasteiger partial charge in [-0.3, -0.25) is 0 Å². The molecule has 0 bridgehead atoms. The molecule has 1 heterocycles. The van der Waals surface area contributed by atoms with E-state index in [0.717, 1.165) is 43.5 Å². The normalized spacial score (nSPS) is 10.8. The van der Waals surface area contributed by atoms with E-state index in [9.17, 15) is 0 Å². The average molecular weight is 251 g/mol. The third-order valence-corrected chi connectivity index (χ3v) is 2.65. The highest BCUT2D eigenvalue weighted by atomic mass is 15.2. The van der Waals surface area contributed by atoms with Gasteiger partial charge in [-0.15, -0.1) is 0 Å². The van der Waals surface area contributed by atoms with Gasteiger partial charge in [-0.25, -0.2) is 4.98 Å². The Bertz CT molecular complexity index is 364. The molecule has 18 heavy (non-hydrogen) atoms. The van der Waals surface area contributed by atoms with Gasteiger partial charge in [0.05, 0.1) is 0 Å². The molecule has 0 spiro atoms. The van der Waals surface area contributed by atoms with Crippen molar-refractivity contribution in [2.75, 3.05) is 51.0 Å². The van der Waals surface area contributed by atoms with E-state index in [4.69, 9.17) is 0 Å². The molecule has 0 fully saturated rings. The van der Waals surface area contributed by atoms with Crippen LogP contribution < -0.4 is 10.2 Å². The Morgan fingerprint density at radius 2 is 1.89 bits per heavy atom. The fraction of sp³-hybridized carbons (Fsp3) is 0.692. The molecule has 0 aromatic carbocycles. The molecular weight excluding hydrogens is 226 g/mol. The van der Waals surface area contributed by atoms with Crippen LogP contribution in [0.4, 0.5) is 11.8 Å². The molecule has 0 amide bonds. The maximum atomic E-state index is 4.53. The predicted octanol–water partition coefficient (Wildman–Crippen LogP) is 1.60. The summed E-state index contributed by atoms with van der Waals surface area (Å²) in [4.78, 5) is 13.2. The average Bonchev–Trinajstić information content (AvgIpc) is 2.32. The molecule has 1 rings (SSSR count). The van der Waals surface area contributed by atoms with Crippen LogP contribution in [0.1, 0.15) is 19.0 Å². The fourth-order valence-electron chi connectivity index (χ4n) is 1.53. The van der Waals surface area contributed by atoms with E-state index >= 15 is 0 Å². The molecule has 0 saturated carbocycles. The van der Waals surface area contributed by atoms with Crippen LogP contribution in [0, 0.1) is 6.92 Å². The zero-order chi connectivity index (χ0) is 13.5. The van der Waals surface area contributed by atoms with Gasteiger partial charge in [-0.1, -0.05) is 6.92 Å². The number of hydrogen-bond acceptors (Lipinski definition) is 5. The number of anilines is 2. The molecular formula is C13H25N5. The summed E-state index contributed by atoms with van der Waals surface area (Å²) in [7, 11) is 6.22. The molecule has 1 aromatic rings. The second-order valence-electron chi connectivity index (χ2n) is 4.84. The smallest absolute Gasteiger partial charge is 0.224 e. The molecule has 1 N–H and O–H groups in total. The van der Waals surface area contributed by atoms with Gasteiger partial charge in [0.2, 0.25) is 5.95 Å². The molecule has 0 saturated heterocycles. The summed E-state index contributed by atoms with van der Waals surface area (Å²) in [5, 5.41) is 3.24. The van der Waals surface area contributed by atoms with E-state index in [1.165, 1.54) is 0 Å². The van der Waals surface area contributed by atoms with Gasteiger partial charge in [-0.2, -0.15) is 4.98 Å². The highest BCUT2D eigenvalue weighted by Crippen LogP contribution is 2.13. The minimum Gasteiger partial charge on any atom is -0.358 e. The third kappa shape index (κ3) is 4.87. The van der Waals surface area contributed by atoms with Crippen molar-refractivity contribution in [1.82, 2.24) is 14.9 Å². The second-order valence-corrected chi connectivity index (χ2v) is 4.84. The van der Waals surface area contributed by atoms with Gasteiger partial charge < -0.3 is 15.1 Å². The van der Waals surface area contributed by atoms with Gasteiger partial charge in [0.1, 0.15) is 5.82 Å². The number of rotatable bonds is 7. The highest BCUT2D eigenvalue weighted by Gasteiger charge is 2.06. The summed E-state index contributed by atoms with van der Waals surface area (Å²) in [6, 6.07) is 2.02. The lowest BCUT2D eigenvalue weighted by molar-refractivity contribution is 0.416. The van der Waals surface area contributed by atoms with Gasteiger partial charge in [0, 0.05) is 38.4 Å². The number of likely N-dealkylation sites (N-methyl/N-ethyl adjacent to an activating group) is 2. The Kier molecular flexibility index (Phi) is 5.85. The molecule has 0 atom stereocenters. The lowest BCUT2D eigenvalue weighted by Gasteiger charge is -2.21. The monoisotopic (exact) mass is 251 g/mol. The van der Waals surface area contributed by atoms with Crippen LogP contribution in [-0.4, -0.2) is 55.6 Å². The Labute approximate surface area is 110 Å². The Hall–Kier alpha value is -1.36. The maximum Gasteiger partial charge on any atom is 0.224 e. The first kappa shape index (κ1) is 14.7. The lowest BCUT2D eigenvalue weighted by Crippen LogP contribution is -2.29. The lowest BCUT2D eigenvalue weighted by atomic mass is 10.4. The van der Waals surface area contributed by atoms with Crippen molar-refractivity contribution in [3.05, 3.63) is 11.8 Å². The molecule has 0 aliphatic rings. The van der Waals surface area contributed by atoms with E-state index in [1.807, 2.05) is 13.0 Å². The summed E-state index contributed by atoms with van der Waals surface area (Å²) in [6.45, 7) is 7.01. The summed E-state index contributed by atoms with van der Waals surface area (Å²) < 4.78 is 0. The number of nitrogens with zero attached hydrogens (tertiary/aromatic N) is 4. The van der Waals surface area contributed by atoms with Crippen LogP contribution in [0.3, 0.4) is 0 Å². The Balaban J connectivity index is 2.71. The summed E-state index contributed by atoms with van der Waals surface area (Å²) in [6.07, 6.45) is 1.07. The van der Waals surface area contributed by atoms with Crippen LogP contribution in [0.15, 0.2) is 6.07 Å². The maximum absolute atomic E-state index is 4.53. The minimum absolute atomic E-state index is 0.726. The van der Waals surface area contributed by atoms with Gasteiger partial charge in [0.25, 0.3) is 0 Å². The first-order valence-corrected chi connectivity index (χ1v) is 6.48. The van der Waals surface area contributed by atoms with Crippen molar-refractivity contribution in [1.29, 1.82) is 0 Å². The molecule has 0 aliphatic carbocycles. The van der Waals surface area contributed by atoms with Crippen molar-refractivity contribution in [2.45, 2.75) is 20.3 Å². The Morgan fingerprint density at radius 3 is 2.50 bits per heavy atom. The van der Waals surface area contributed by atoms with E-state index in [1.54, 1.807) is 0 Å². The zero-order valence-electron chi connectivity index (χ0n) is 12.2. The van der Waals surface area contributed by atoms with Crippen LogP contribution in [0.2, 0.25) is 0 Å². The molecule has 0 unspecified atom stereocenters. The first-order valence-electron chi connectivity index (χ1n) is 6.48. The first-order chi connectivity index (χ1) is 8.52. The Morgan fingerprint density at radius 1 is 1.17 bits per heavy atom. The SMILES string of the molecule is CCCNc1nc(C)cc(N(C)CCN(C)C)n1. The predicted molar refractivity (Wildman–Crippen MR) is 77.4 cm³/mol. The zero-order valence-corrected chi connectivity index (χ0v) is 12.2. The van der Waals surface area contributed by atoms with Crippen molar-refractivity contribution >= 4 is 11.8 Å². The van der Waals surface area contributed by atoms with E-state index in [-0.39, 0.29) is 0 Å². The number of aryl methyl sites for hydroxylation is 1. The fourth-order valence-corrected chi connectivity index (χ4v) is 1.53. The van der Waals surface area contributed by atoms with Crippen LogP contribution in [-0.2, 0) is 0 Å². The molecule has 1 aromatic heterocycles. The minimum atomic E-state index is 0.726. The number of nitrogens with one attached hydrogen (secondary N) is 1. The summed E-state index contributed by atoms with van der Waals surface area (Å²) in [5.74, 6) is 1.70. The number of hydrogen-bond donors (Lipinski definition) is 1. The molecule has 0 radical (unpaired) electrons. The molecule has 102 valence electrons. The van der Waals surface area contributed by atoms with Crippen molar-refractivity contribution in [2.24, 2.45) is 0 Å². The van der Waals surface area contributed by atoms with Gasteiger partial charge >= 0.3 is 0 Å². The van der Waals surface area contributed by atoms with E-state index < -0.39 is 0 Å². The van der Waals surface area contributed by atoms with Crippen molar-refractivity contribution in [3.8, 4) is 0 Å². The second kappa shape index (κ2) is 7.16. The van der Waals surface area contributed by atoms with E-state index in [0.29, 0.717) is 0 Å². The van der Waals surface area contributed by atoms with E-state index in [2.05, 4.69) is 53.2 Å². The quantitative estimate of drug-likeness (QED) is 0.797. The topological polar surface area (TPSA) is 44.3 Å². The van der Waals surface area contributed by atoms with Crippen LogP contribution >= 0.6 is 0 Å². The van der Waals surface area contributed by atoms with Crippen LogP contribution in [0.5, 0.6) is 0 Å². The third-order valence-electron chi connectivity index (χ3n) is 2.65. The summed E-state index contributed by atoms with van der Waals surface area (Å²) in [5.41, 5.74) is 0.996. The molecule has 5 nitrogen and oxygen atoms in total. The highest BCUT2D eigenvalue weighted by molar-refractivity contribution is 5.44. The summed E-state index contributed by atoms with van der Waals surface area (Å²) >= 11 is 0. The largest absolute Gasteiger partial charge is 0.358 e. The standard InChI is InChI=1S/C13H25N5/c1-6-7-14-13-15-11(2)10-12(16-13)18(5)9-8-17(3)4/h10H,6-9H2,1-5H3,(H,14,15,16). The van der Waals surface area contributed by atoms with Crippen LogP contribution in [0.25, 0.3) is 0 Å². The van der Waals surface area contributed by atoms with Crippen molar-refractivity contribution < 1.29 is 0 Å². The van der Waals surface area contributed by atoms with Crippen molar-refractivity contribution in [3.63, 3.8) is 0 Å². The number of aromatic nitrogens is 2. The van der Waals surface area contributed by atoms with Gasteiger partial charge in [0.15, 0.2) is 0 Å².